The van der Waals surface area contributed by atoms with E-state index < -0.39 is 0 Å². The average Bonchev–Trinajstić information content (AvgIpc) is 1.95. The lowest BCUT2D eigenvalue weighted by molar-refractivity contribution is -0.116. The van der Waals surface area contributed by atoms with Crippen LogP contribution >= 0.6 is 0 Å². The van der Waals surface area contributed by atoms with Crippen molar-refractivity contribution in [2.75, 3.05) is 0 Å². The van der Waals surface area contributed by atoms with E-state index in [4.69, 9.17) is 0 Å². The van der Waals surface area contributed by atoms with E-state index in [1.54, 1.807) is 0 Å². The van der Waals surface area contributed by atoms with E-state index in [1.165, 1.54) is 13.8 Å². The Hall–Kier alpha value is -1.54. The molecule has 0 unspecified atom stereocenters. The van der Waals surface area contributed by atoms with Gasteiger partial charge in [-0.05, 0) is 25.7 Å². The molecule has 0 rings (SSSR count). The molecule has 0 aliphatic heterocycles. The molecule has 0 bridgehead atoms. The summed E-state index contributed by atoms with van der Waals surface area (Å²) in [4.78, 5) is 20.8. The number of carbonyl (C=O) groups is 2. The molecule has 62 valence electrons. The quantitative estimate of drug-likeness (QED) is 0.566. The molecular weight excluding hydrogens is 152 g/mol. The first-order valence-corrected chi connectivity index (χ1v) is 3.57. The fourth-order valence-corrected chi connectivity index (χ4v) is 0.426. The first kappa shape index (κ1) is 10.5. The minimum Gasteiger partial charge on any atom is -0.299 e. The Kier molecular flexibility index (Phi) is 5.39. The molecule has 0 fully saturated rings. The molecule has 2 heteroatoms. The molecular formula is C10H10O2. The lowest BCUT2D eigenvalue weighted by atomic mass is 10.3. The first-order valence-electron chi connectivity index (χ1n) is 3.57. The number of ketones is 2. The van der Waals surface area contributed by atoms with E-state index in [-0.39, 0.29) is 24.4 Å². The Morgan fingerprint density at radius 2 is 1.25 bits per heavy atom. The van der Waals surface area contributed by atoms with Crippen LogP contribution in [0.1, 0.15) is 26.7 Å². The van der Waals surface area contributed by atoms with Gasteiger partial charge in [-0.25, -0.2) is 0 Å². The van der Waals surface area contributed by atoms with Crippen LogP contribution in [0.15, 0.2) is 0 Å². The van der Waals surface area contributed by atoms with E-state index in [0.29, 0.717) is 0 Å². The van der Waals surface area contributed by atoms with E-state index in [2.05, 4.69) is 23.7 Å². The minimum atomic E-state index is 0.0240. The second kappa shape index (κ2) is 6.19. The Morgan fingerprint density at radius 1 is 0.917 bits per heavy atom. The van der Waals surface area contributed by atoms with Crippen LogP contribution in [0.4, 0.5) is 0 Å². The van der Waals surface area contributed by atoms with Crippen LogP contribution in [0.2, 0.25) is 0 Å². The molecule has 0 aromatic carbocycles. The van der Waals surface area contributed by atoms with E-state index in [0.717, 1.165) is 0 Å². The monoisotopic (exact) mass is 162 g/mol. The van der Waals surface area contributed by atoms with Gasteiger partial charge in [-0.15, -0.1) is 0 Å². The van der Waals surface area contributed by atoms with Gasteiger partial charge in [0.2, 0.25) is 0 Å². The summed E-state index contributed by atoms with van der Waals surface area (Å²) >= 11 is 0. The maximum Gasteiger partial charge on any atom is 0.141 e. The highest BCUT2D eigenvalue weighted by atomic mass is 16.1. The molecule has 0 heterocycles. The van der Waals surface area contributed by atoms with Gasteiger partial charge in [0.15, 0.2) is 0 Å². The predicted octanol–water partition coefficient (Wildman–Crippen LogP) is 0.951. The molecule has 0 aromatic rings. The second-order valence-electron chi connectivity index (χ2n) is 2.36. The van der Waals surface area contributed by atoms with Crippen LogP contribution in [-0.2, 0) is 9.59 Å². The molecule has 0 amide bonds. The topological polar surface area (TPSA) is 34.1 Å². The third-order valence-corrected chi connectivity index (χ3v) is 0.914. The van der Waals surface area contributed by atoms with Crippen LogP contribution in [0.25, 0.3) is 0 Å². The Bertz CT molecular complexity index is 259. The summed E-state index contributed by atoms with van der Waals surface area (Å²) in [6.07, 6.45) is 0.462. The lowest BCUT2D eigenvalue weighted by Crippen LogP contribution is -1.84. The van der Waals surface area contributed by atoms with Crippen molar-refractivity contribution in [3.63, 3.8) is 0 Å². The maximum atomic E-state index is 10.4. The van der Waals surface area contributed by atoms with Gasteiger partial charge in [0.25, 0.3) is 0 Å². The molecule has 2 nitrogen and oxygen atoms in total. The molecule has 12 heavy (non-hydrogen) atoms. The number of rotatable bonds is 2. The third kappa shape index (κ3) is 8.46. The summed E-state index contributed by atoms with van der Waals surface area (Å²) in [5.41, 5.74) is 0. The van der Waals surface area contributed by atoms with Crippen molar-refractivity contribution in [1.82, 2.24) is 0 Å². The molecule has 0 radical (unpaired) electrons. The van der Waals surface area contributed by atoms with Gasteiger partial charge < -0.3 is 0 Å². The fraction of sp³-hybridized carbons (Fsp3) is 0.400. The number of hydrogen-bond acceptors (Lipinski definition) is 2. The van der Waals surface area contributed by atoms with Crippen LogP contribution in [-0.4, -0.2) is 11.6 Å². The van der Waals surface area contributed by atoms with Gasteiger partial charge >= 0.3 is 0 Å². The van der Waals surface area contributed by atoms with Crippen molar-refractivity contribution < 1.29 is 9.59 Å². The van der Waals surface area contributed by atoms with Crippen LogP contribution in [0, 0.1) is 23.7 Å². The van der Waals surface area contributed by atoms with Crippen molar-refractivity contribution in [3.05, 3.63) is 0 Å². The fourth-order valence-electron chi connectivity index (χ4n) is 0.426. The van der Waals surface area contributed by atoms with E-state index in [9.17, 15) is 9.59 Å². The summed E-state index contributed by atoms with van der Waals surface area (Å²) in [7, 11) is 0. The third-order valence-electron chi connectivity index (χ3n) is 0.914. The first-order chi connectivity index (χ1) is 5.63. The summed E-state index contributed by atoms with van der Waals surface area (Å²) < 4.78 is 0. The van der Waals surface area contributed by atoms with Gasteiger partial charge in [-0.1, -0.05) is 11.8 Å². The second-order valence-corrected chi connectivity index (χ2v) is 2.36. The summed E-state index contributed by atoms with van der Waals surface area (Å²) in [6, 6.07) is 0. The van der Waals surface area contributed by atoms with Crippen LogP contribution < -0.4 is 0 Å². The Morgan fingerprint density at radius 3 is 1.50 bits per heavy atom. The van der Waals surface area contributed by atoms with Gasteiger partial charge in [0.05, 0.1) is 12.8 Å². The highest BCUT2D eigenvalue weighted by molar-refractivity contribution is 5.79. The summed E-state index contributed by atoms with van der Waals surface area (Å²) in [5, 5.41) is 0. The molecule has 0 aliphatic carbocycles. The number of hydrogen-bond donors (Lipinski definition) is 0. The zero-order valence-corrected chi connectivity index (χ0v) is 7.23. The summed E-state index contributed by atoms with van der Waals surface area (Å²) in [6.45, 7) is 2.94. The number of Topliss-reactive ketones (excluding diaryl/α,β-unsaturated/α-hetero) is 2. The van der Waals surface area contributed by atoms with Gasteiger partial charge in [-0.3, -0.25) is 9.59 Å². The van der Waals surface area contributed by atoms with E-state index in [1.807, 2.05) is 0 Å². The van der Waals surface area contributed by atoms with E-state index >= 15 is 0 Å². The Labute approximate surface area is 72.3 Å². The minimum absolute atomic E-state index is 0.0240. The van der Waals surface area contributed by atoms with Crippen LogP contribution in [0.5, 0.6) is 0 Å². The highest BCUT2D eigenvalue weighted by Crippen LogP contribution is 1.77. The molecule has 0 saturated heterocycles. The number of carbonyl (C=O) groups excluding carboxylic acids is 2. The molecule has 0 spiro atoms. The molecule has 0 aliphatic rings. The Balaban J connectivity index is 3.74. The zero-order chi connectivity index (χ0) is 9.40. The average molecular weight is 162 g/mol. The largest absolute Gasteiger partial charge is 0.299 e. The molecule has 0 atom stereocenters. The molecule has 0 saturated carbocycles. The van der Waals surface area contributed by atoms with Crippen molar-refractivity contribution in [2.45, 2.75) is 26.7 Å². The standard InChI is InChI=1S/C10H10O2/c1-9(11)7-5-3-4-6-8-10(2)12/h7-8H2,1-2H3. The van der Waals surface area contributed by atoms with Crippen molar-refractivity contribution in [1.29, 1.82) is 0 Å². The van der Waals surface area contributed by atoms with Crippen molar-refractivity contribution >= 4 is 11.6 Å². The van der Waals surface area contributed by atoms with Gasteiger partial charge in [0, 0.05) is 0 Å². The SMILES string of the molecule is CC(=O)CC#CC#CCC(C)=O. The van der Waals surface area contributed by atoms with Crippen molar-refractivity contribution in [2.24, 2.45) is 0 Å². The molecule has 0 aromatic heterocycles. The zero-order valence-electron chi connectivity index (χ0n) is 7.23. The van der Waals surface area contributed by atoms with Gasteiger partial charge in [0.1, 0.15) is 11.6 Å². The normalized spacial score (nSPS) is 7.17. The lowest BCUT2D eigenvalue weighted by Gasteiger charge is -1.76. The molecule has 0 N–H and O–H groups in total. The highest BCUT2D eigenvalue weighted by Gasteiger charge is 1.84. The van der Waals surface area contributed by atoms with Gasteiger partial charge in [-0.2, -0.15) is 0 Å². The predicted molar refractivity (Wildman–Crippen MR) is 46.1 cm³/mol. The van der Waals surface area contributed by atoms with Crippen LogP contribution in [0.3, 0.4) is 0 Å². The van der Waals surface area contributed by atoms with Crippen molar-refractivity contribution in [3.8, 4) is 23.7 Å². The smallest absolute Gasteiger partial charge is 0.141 e. The maximum absolute atomic E-state index is 10.4. The summed E-state index contributed by atoms with van der Waals surface area (Å²) in [5.74, 6) is 10.2.